The van der Waals surface area contributed by atoms with Crippen molar-refractivity contribution in [2.24, 2.45) is 0 Å². The molecule has 1 aromatic rings. The Kier molecular flexibility index (Phi) is 2.92. The van der Waals surface area contributed by atoms with Gasteiger partial charge in [-0.25, -0.2) is 4.79 Å². The van der Waals surface area contributed by atoms with Crippen LogP contribution in [0.25, 0.3) is 6.08 Å². The monoisotopic (exact) mass is 231 g/mol. The number of esters is 1. The lowest BCUT2D eigenvalue weighted by molar-refractivity contribution is -0.154. The van der Waals surface area contributed by atoms with Gasteiger partial charge in [0.15, 0.2) is 0 Å². The van der Waals surface area contributed by atoms with Crippen LogP contribution in [-0.4, -0.2) is 17.6 Å². The zero-order valence-electron chi connectivity index (χ0n) is 10.4. The maximum atomic E-state index is 11.9. The van der Waals surface area contributed by atoms with E-state index in [-0.39, 0.29) is 5.97 Å². The number of hydrogen-bond acceptors (Lipinski definition) is 3. The molecule has 0 aliphatic carbocycles. The first-order valence-electron chi connectivity index (χ1n) is 5.72. The fraction of sp³-hybridized carbons (Fsp3) is 0.357. The first-order valence-corrected chi connectivity index (χ1v) is 5.72. The van der Waals surface area contributed by atoms with Crippen LogP contribution in [0.5, 0.6) is 0 Å². The SMILES string of the molecule is CC(C)(C)OC(=O)C1C=Cc2ccccc2N1. The zero-order valence-corrected chi connectivity index (χ0v) is 10.4. The molecule has 17 heavy (non-hydrogen) atoms. The Bertz CT molecular complexity index is 458. The summed E-state index contributed by atoms with van der Waals surface area (Å²) < 4.78 is 5.34. The molecule has 1 aliphatic heterocycles. The number of fused-ring (bicyclic) bond motifs is 1. The average Bonchev–Trinajstić information content (AvgIpc) is 2.26. The summed E-state index contributed by atoms with van der Waals surface area (Å²) >= 11 is 0. The van der Waals surface area contributed by atoms with Crippen molar-refractivity contribution in [1.29, 1.82) is 0 Å². The van der Waals surface area contributed by atoms with E-state index >= 15 is 0 Å². The van der Waals surface area contributed by atoms with Crippen molar-refractivity contribution in [2.45, 2.75) is 32.4 Å². The Hall–Kier alpha value is -1.77. The molecule has 0 saturated heterocycles. The van der Waals surface area contributed by atoms with Crippen LogP contribution in [0, 0.1) is 0 Å². The van der Waals surface area contributed by atoms with Gasteiger partial charge in [-0.3, -0.25) is 0 Å². The number of nitrogens with one attached hydrogen (secondary N) is 1. The minimum absolute atomic E-state index is 0.247. The maximum Gasteiger partial charge on any atom is 0.333 e. The fourth-order valence-electron chi connectivity index (χ4n) is 1.69. The number of carbonyl (C=O) groups is 1. The van der Waals surface area contributed by atoms with Crippen molar-refractivity contribution in [3.8, 4) is 0 Å². The van der Waals surface area contributed by atoms with E-state index in [9.17, 15) is 4.79 Å². The van der Waals surface area contributed by atoms with E-state index < -0.39 is 11.6 Å². The third-order valence-corrected chi connectivity index (χ3v) is 2.40. The largest absolute Gasteiger partial charge is 0.458 e. The highest BCUT2D eigenvalue weighted by atomic mass is 16.6. The Morgan fingerprint density at radius 1 is 1.29 bits per heavy atom. The molecule has 1 aliphatic rings. The number of rotatable bonds is 1. The van der Waals surface area contributed by atoms with E-state index in [0.717, 1.165) is 11.3 Å². The highest BCUT2D eigenvalue weighted by molar-refractivity contribution is 5.87. The van der Waals surface area contributed by atoms with Gasteiger partial charge in [-0.15, -0.1) is 0 Å². The molecular weight excluding hydrogens is 214 g/mol. The van der Waals surface area contributed by atoms with E-state index in [1.54, 1.807) is 0 Å². The van der Waals surface area contributed by atoms with Crippen LogP contribution in [-0.2, 0) is 9.53 Å². The standard InChI is InChI=1S/C14H17NO2/c1-14(2,3)17-13(16)12-9-8-10-6-4-5-7-11(10)15-12/h4-9,12,15H,1-3H3. The zero-order chi connectivity index (χ0) is 12.5. The molecule has 1 aromatic carbocycles. The van der Waals surface area contributed by atoms with Gasteiger partial charge in [-0.05, 0) is 32.4 Å². The molecule has 0 bridgehead atoms. The number of anilines is 1. The van der Waals surface area contributed by atoms with Crippen molar-refractivity contribution in [3.05, 3.63) is 35.9 Å². The van der Waals surface area contributed by atoms with Crippen molar-refractivity contribution in [1.82, 2.24) is 0 Å². The van der Waals surface area contributed by atoms with Gasteiger partial charge in [0, 0.05) is 5.69 Å². The lowest BCUT2D eigenvalue weighted by Crippen LogP contribution is -2.36. The van der Waals surface area contributed by atoms with E-state index in [1.807, 2.05) is 57.2 Å². The van der Waals surface area contributed by atoms with Gasteiger partial charge in [0.05, 0.1) is 0 Å². The molecule has 2 rings (SSSR count). The summed E-state index contributed by atoms with van der Waals surface area (Å²) in [5.74, 6) is -0.247. The number of hydrogen-bond donors (Lipinski definition) is 1. The smallest absolute Gasteiger partial charge is 0.333 e. The summed E-state index contributed by atoms with van der Waals surface area (Å²) in [4.78, 5) is 11.9. The molecule has 1 N–H and O–H groups in total. The molecule has 0 radical (unpaired) electrons. The second-order valence-electron chi connectivity index (χ2n) is 5.10. The number of benzene rings is 1. The fourth-order valence-corrected chi connectivity index (χ4v) is 1.69. The lowest BCUT2D eigenvalue weighted by Gasteiger charge is -2.25. The number of para-hydroxylation sites is 1. The quantitative estimate of drug-likeness (QED) is 0.755. The van der Waals surface area contributed by atoms with E-state index in [1.165, 1.54) is 0 Å². The Labute approximate surface area is 101 Å². The molecule has 1 unspecified atom stereocenters. The second-order valence-corrected chi connectivity index (χ2v) is 5.10. The van der Waals surface area contributed by atoms with Gasteiger partial charge < -0.3 is 10.1 Å². The minimum atomic E-state index is -0.455. The number of ether oxygens (including phenoxy) is 1. The van der Waals surface area contributed by atoms with Crippen LogP contribution in [0.3, 0.4) is 0 Å². The van der Waals surface area contributed by atoms with Gasteiger partial charge in [-0.1, -0.05) is 30.4 Å². The van der Waals surface area contributed by atoms with Crippen LogP contribution < -0.4 is 5.32 Å². The molecule has 0 spiro atoms. The van der Waals surface area contributed by atoms with Crippen molar-refractivity contribution < 1.29 is 9.53 Å². The molecule has 0 amide bonds. The summed E-state index contributed by atoms with van der Waals surface area (Å²) in [6, 6.07) is 7.47. The second kappa shape index (κ2) is 4.24. The van der Waals surface area contributed by atoms with Gasteiger partial charge in [0.1, 0.15) is 11.6 Å². The first kappa shape index (κ1) is 11.7. The predicted molar refractivity (Wildman–Crippen MR) is 68.7 cm³/mol. The average molecular weight is 231 g/mol. The highest BCUT2D eigenvalue weighted by Crippen LogP contribution is 2.23. The van der Waals surface area contributed by atoms with Gasteiger partial charge in [0.2, 0.25) is 0 Å². The van der Waals surface area contributed by atoms with E-state index in [2.05, 4.69) is 5.32 Å². The first-order chi connectivity index (χ1) is 7.96. The van der Waals surface area contributed by atoms with Crippen LogP contribution in [0.1, 0.15) is 26.3 Å². The van der Waals surface area contributed by atoms with Crippen LogP contribution in [0.4, 0.5) is 5.69 Å². The molecular formula is C14H17NO2. The van der Waals surface area contributed by atoms with E-state index in [0.29, 0.717) is 0 Å². The Balaban J connectivity index is 2.11. The summed E-state index contributed by atoms with van der Waals surface area (Å²) in [5, 5.41) is 3.16. The van der Waals surface area contributed by atoms with Crippen LogP contribution in [0.15, 0.2) is 30.3 Å². The molecule has 1 heterocycles. The molecule has 3 heteroatoms. The molecule has 0 fully saturated rings. The maximum absolute atomic E-state index is 11.9. The third kappa shape index (κ3) is 2.87. The van der Waals surface area contributed by atoms with E-state index in [4.69, 9.17) is 4.74 Å². The third-order valence-electron chi connectivity index (χ3n) is 2.40. The van der Waals surface area contributed by atoms with Gasteiger partial charge >= 0.3 is 5.97 Å². The predicted octanol–water partition coefficient (Wildman–Crippen LogP) is 2.84. The van der Waals surface area contributed by atoms with Crippen LogP contribution in [0.2, 0.25) is 0 Å². The number of carbonyl (C=O) groups excluding carboxylic acids is 1. The van der Waals surface area contributed by atoms with Crippen molar-refractivity contribution in [3.63, 3.8) is 0 Å². The Morgan fingerprint density at radius 3 is 2.71 bits per heavy atom. The summed E-state index contributed by atoms with van der Waals surface area (Å²) in [6.07, 6.45) is 3.77. The summed E-state index contributed by atoms with van der Waals surface area (Å²) in [5.41, 5.74) is 1.60. The van der Waals surface area contributed by atoms with Crippen molar-refractivity contribution in [2.75, 3.05) is 5.32 Å². The molecule has 90 valence electrons. The molecule has 0 saturated carbocycles. The Morgan fingerprint density at radius 2 is 2.00 bits per heavy atom. The summed E-state index contributed by atoms with van der Waals surface area (Å²) in [7, 11) is 0. The van der Waals surface area contributed by atoms with Crippen molar-refractivity contribution >= 4 is 17.7 Å². The summed E-state index contributed by atoms with van der Waals surface area (Å²) in [6.45, 7) is 5.60. The molecule has 1 atom stereocenters. The minimum Gasteiger partial charge on any atom is -0.458 e. The highest BCUT2D eigenvalue weighted by Gasteiger charge is 2.25. The lowest BCUT2D eigenvalue weighted by atomic mass is 10.1. The molecule has 3 nitrogen and oxygen atoms in total. The van der Waals surface area contributed by atoms with Crippen LogP contribution >= 0.6 is 0 Å². The molecule has 0 aromatic heterocycles. The van der Waals surface area contributed by atoms with Gasteiger partial charge in [-0.2, -0.15) is 0 Å². The topological polar surface area (TPSA) is 38.3 Å². The van der Waals surface area contributed by atoms with Gasteiger partial charge in [0.25, 0.3) is 0 Å². The normalized spacial score (nSPS) is 18.2.